The minimum atomic E-state index is -4.30. The Morgan fingerprint density at radius 1 is 1.10 bits per heavy atom. The molecule has 0 amide bonds. The van der Waals surface area contributed by atoms with Crippen molar-refractivity contribution in [3.05, 3.63) is 42.5 Å². The predicted octanol–water partition coefficient (Wildman–Crippen LogP) is 2.79. The van der Waals surface area contributed by atoms with Crippen LogP contribution in [0.25, 0.3) is 20.8 Å². The van der Waals surface area contributed by atoms with Crippen molar-refractivity contribution in [1.82, 2.24) is 4.98 Å². The molecule has 0 saturated heterocycles. The van der Waals surface area contributed by atoms with Gasteiger partial charge >= 0.3 is 0 Å². The van der Waals surface area contributed by atoms with Gasteiger partial charge in [-0.05, 0) is 24.3 Å². The van der Waals surface area contributed by atoms with Crippen LogP contribution in [0.2, 0.25) is 0 Å². The molecule has 0 fully saturated rings. The summed E-state index contributed by atoms with van der Waals surface area (Å²) in [6.07, 6.45) is 0. The molecule has 0 saturated carbocycles. The Morgan fingerprint density at radius 2 is 1.85 bits per heavy atom. The zero-order valence-electron chi connectivity index (χ0n) is 10.1. The molecule has 102 valence electrons. The SMILES string of the molecule is Nc1ccccc1-c1nc2c(S(=O)(=O)O)cccc2s1. The van der Waals surface area contributed by atoms with Crippen molar-refractivity contribution < 1.29 is 13.0 Å². The monoisotopic (exact) mass is 306 g/mol. The number of nitrogens with two attached hydrogens (primary N) is 1. The first-order valence-electron chi connectivity index (χ1n) is 5.69. The summed E-state index contributed by atoms with van der Waals surface area (Å²) in [6, 6.07) is 11.9. The van der Waals surface area contributed by atoms with Crippen LogP contribution in [0.15, 0.2) is 47.4 Å². The van der Waals surface area contributed by atoms with Gasteiger partial charge in [-0.2, -0.15) is 8.42 Å². The fourth-order valence-corrected chi connectivity index (χ4v) is 3.69. The van der Waals surface area contributed by atoms with Gasteiger partial charge in [-0.3, -0.25) is 4.55 Å². The van der Waals surface area contributed by atoms with Crippen molar-refractivity contribution in [1.29, 1.82) is 0 Å². The Hall–Kier alpha value is -1.96. The van der Waals surface area contributed by atoms with Gasteiger partial charge in [-0.1, -0.05) is 18.2 Å². The maximum atomic E-state index is 11.4. The van der Waals surface area contributed by atoms with Crippen LogP contribution in [-0.4, -0.2) is 18.0 Å². The Balaban J connectivity index is 2.30. The van der Waals surface area contributed by atoms with E-state index in [9.17, 15) is 13.0 Å². The summed E-state index contributed by atoms with van der Waals surface area (Å²) >= 11 is 1.33. The van der Waals surface area contributed by atoms with Crippen LogP contribution in [0.1, 0.15) is 0 Å². The molecule has 0 aliphatic rings. The number of para-hydroxylation sites is 2. The van der Waals surface area contributed by atoms with Crippen molar-refractivity contribution in [2.45, 2.75) is 4.90 Å². The molecular weight excluding hydrogens is 296 g/mol. The molecule has 0 aliphatic heterocycles. The van der Waals surface area contributed by atoms with Crippen molar-refractivity contribution in [3.8, 4) is 10.6 Å². The molecule has 0 radical (unpaired) electrons. The van der Waals surface area contributed by atoms with Crippen molar-refractivity contribution in [3.63, 3.8) is 0 Å². The average Bonchev–Trinajstić information content (AvgIpc) is 2.81. The van der Waals surface area contributed by atoms with Gasteiger partial charge < -0.3 is 5.73 Å². The van der Waals surface area contributed by atoms with Crippen LogP contribution >= 0.6 is 11.3 Å². The van der Waals surface area contributed by atoms with Gasteiger partial charge in [0.2, 0.25) is 0 Å². The molecule has 5 nitrogen and oxygen atoms in total. The van der Waals surface area contributed by atoms with Crippen molar-refractivity contribution in [2.75, 3.05) is 5.73 Å². The summed E-state index contributed by atoms with van der Waals surface area (Å²) in [6.45, 7) is 0. The summed E-state index contributed by atoms with van der Waals surface area (Å²) in [7, 11) is -4.30. The fourth-order valence-electron chi connectivity index (χ4n) is 1.94. The van der Waals surface area contributed by atoms with Crippen LogP contribution in [0.5, 0.6) is 0 Å². The number of nitrogens with zero attached hydrogens (tertiary/aromatic N) is 1. The molecule has 0 atom stereocenters. The second-order valence-corrected chi connectivity index (χ2v) is 6.60. The standard InChI is InChI=1S/C13H10N2O3S2/c14-9-5-2-1-4-8(9)13-15-12-10(19-13)6-3-7-11(12)20(16,17)18/h1-7H,14H2,(H,16,17,18). The molecular formula is C13H10N2O3S2. The molecule has 2 aromatic carbocycles. The molecule has 0 spiro atoms. The molecule has 3 N–H and O–H groups in total. The number of nitrogen functional groups attached to an aromatic ring is 1. The zero-order chi connectivity index (χ0) is 14.3. The molecule has 7 heteroatoms. The summed E-state index contributed by atoms with van der Waals surface area (Å²) in [5, 5.41) is 0.620. The quantitative estimate of drug-likeness (QED) is 0.561. The second kappa shape index (κ2) is 4.55. The summed E-state index contributed by atoms with van der Waals surface area (Å²) in [5.41, 5.74) is 7.47. The normalized spacial score (nSPS) is 11.8. The van der Waals surface area contributed by atoms with E-state index in [1.807, 2.05) is 18.2 Å². The lowest BCUT2D eigenvalue weighted by Gasteiger charge is -1.99. The molecule has 1 aromatic heterocycles. The molecule has 0 bridgehead atoms. The highest BCUT2D eigenvalue weighted by atomic mass is 32.2. The van der Waals surface area contributed by atoms with Gasteiger partial charge in [-0.15, -0.1) is 11.3 Å². The van der Waals surface area contributed by atoms with E-state index in [0.717, 1.165) is 5.56 Å². The highest BCUT2D eigenvalue weighted by Crippen LogP contribution is 2.35. The van der Waals surface area contributed by atoms with Crippen LogP contribution < -0.4 is 5.73 Å². The van der Waals surface area contributed by atoms with Crippen LogP contribution in [0, 0.1) is 0 Å². The van der Waals surface area contributed by atoms with Crippen LogP contribution in [0.3, 0.4) is 0 Å². The smallest absolute Gasteiger partial charge is 0.296 e. The third-order valence-corrected chi connectivity index (χ3v) is 4.79. The van der Waals surface area contributed by atoms with E-state index < -0.39 is 10.1 Å². The van der Waals surface area contributed by atoms with Gasteiger partial charge in [0.15, 0.2) is 0 Å². The third-order valence-electron chi connectivity index (χ3n) is 2.85. The first kappa shape index (κ1) is 13.0. The first-order valence-corrected chi connectivity index (χ1v) is 7.94. The van der Waals surface area contributed by atoms with E-state index in [1.54, 1.807) is 18.2 Å². The topological polar surface area (TPSA) is 93.3 Å². The summed E-state index contributed by atoms with van der Waals surface area (Å²) < 4.78 is 32.6. The molecule has 20 heavy (non-hydrogen) atoms. The molecule has 0 aliphatic carbocycles. The number of hydrogen-bond donors (Lipinski definition) is 2. The lowest BCUT2D eigenvalue weighted by molar-refractivity contribution is 0.484. The van der Waals surface area contributed by atoms with Gasteiger partial charge in [0.05, 0.1) is 4.70 Å². The Morgan fingerprint density at radius 3 is 2.55 bits per heavy atom. The number of thiazole rings is 1. The lowest BCUT2D eigenvalue weighted by Crippen LogP contribution is -1.98. The van der Waals surface area contributed by atoms with Crippen LogP contribution in [0.4, 0.5) is 5.69 Å². The number of hydrogen-bond acceptors (Lipinski definition) is 5. The summed E-state index contributed by atoms with van der Waals surface area (Å²) in [4.78, 5) is 4.12. The molecule has 3 aromatic rings. The maximum absolute atomic E-state index is 11.4. The summed E-state index contributed by atoms with van der Waals surface area (Å²) in [5.74, 6) is 0. The average molecular weight is 306 g/mol. The van der Waals surface area contributed by atoms with E-state index in [0.29, 0.717) is 15.4 Å². The van der Waals surface area contributed by atoms with E-state index in [-0.39, 0.29) is 10.4 Å². The number of benzene rings is 2. The van der Waals surface area contributed by atoms with Crippen molar-refractivity contribution in [2.24, 2.45) is 0 Å². The van der Waals surface area contributed by atoms with Gasteiger partial charge in [0.25, 0.3) is 10.1 Å². The highest BCUT2D eigenvalue weighted by molar-refractivity contribution is 7.86. The van der Waals surface area contributed by atoms with Crippen molar-refractivity contribution >= 4 is 37.4 Å². The second-order valence-electron chi connectivity index (χ2n) is 4.18. The van der Waals surface area contributed by atoms with Gasteiger partial charge in [0.1, 0.15) is 15.4 Å². The fraction of sp³-hybridized carbons (Fsp3) is 0. The maximum Gasteiger partial charge on any atom is 0.296 e. The first-order chi connectivity index (χ1) is 9.47. The van der Waals surface area contributed by atoms with E-state index in [1.165, 1.54) is 17.4 Å². The molecule has 0 unspecified atom stereocenters. The number of rotatable bonds is 2. The van der Waals surface area contributed by atoms with E-state index in [2.05, 4.69) is 4.98 Å². The largest absolute Gasteiger partial charge is 0.398 e. The highest BCUT2D eigenvalue weighted by Gasteiger charge is 2.18. The number of fused-ring (bicyclic) bond motifs is 1. The zero-order valence-corrected chi connectivity index (χ0v) is 11.8. The minimum absolute atomic E-state index is 0.188. The van der Waals surface area contributed by atoms with E-state index in [4.69, 9.17) is 5.73 Å². The Labute approximate surface area is 119 Å². The van der Waals surface area contributed by atoms with Gasteiger partial charge in [-0.25, -0.2) is 4.98 Å². The van der Waals surface area contributed by atoms with E-state index >= 15 is 0 Å². The minimum Gasteiger partial charge on any atom is -0.398 e. The van der Waals surface area contributed by atoms with Gasteiger partial charge in [0, 0.05) is 11.3 Å². The molecule has 1 heterocycles. The predicted molar refractivity (Wildman–Crippen MR) is 79.3 cm³/mol. The van der Waals surface area contributed by atoms with Crippen LogP contribution in [-0.2, 0) is 10.1 Å². The number of anilines is 1. The Kier molecular flexibility index (Phi) is 2.97. The third kappa shape index (κ3) is 2.15. The Bertz CT molecular complexity index is 901. The molecule has 3 rings (SSSR count). The lowest BCUT2D eigenvalue weighted by atomic mass is 10.2. The number of aromatic nitrogens is 1.